The second kappa shape index (κ2) is 17.9. The first-order chi connectivity index (χ1) is 25.2. The lowest BCUT2D eigenvalue weighted by molar-refractivity contribution is -0.116. The first-order valence-corrected chi connectivity index (χ1v) is 17.9. The third-order valence-corrected chi connectivity index (χ3v) is 9.78. The summed E-state index contributed by atoms with van der Waals surface area (Å²) in [5.74, 6) is 0.654. The number of nitrogens with zero attached hydrogens (tertiary/aromatic N) is 1. The molecule has 0 aliphatic rings. The molecule has 0 saturated carbocycles. The predicted molar refractivity (Wildman–Crippen MR) is 206 cm³/mol. The van der Waals surface area contributed by atoms with Crippen LogP contribution in [0.4, 0.5) is 10.8 Å². The lowest BCUT2D eigenvalue weighted by Gasteiger charge is -2.16. The number of hydrogen-bond acceptors (Lipinski definition) is 10. The minimum absolute atomic E-state index is 0.0243. The van der Waals surface area contributed by atoms with Gasteiger partial charge in [-0.3, -0.25) is 14.4 Å². The average Bonchev–Trinajstić information content (AvgIpc) is 3.65. The number of aromatic nitrogens is 1. The van der Waals surface area contributed by atoms with Crippen molar-refractivity contribution in [3.8, 4) is 34.3 Å². The molecule has 52 heavy (non-hydrogen) atoms. The zero-order valence-electron chi connectivity index (χ0n) is 29.2. The van der Waals surface area contributed by atoms with Crippen molar-refractivity contribution >= 4 is 57.7 Å². The zero-order valence-corrected chi connectivity index (χ0v) is 30.9. The molecule has 3 amide bonds. The molecule has 3 N–H and O–H groups in total. The summed E-state index contributed by atoms with van der Waals surface area (Å²) < 4.78 is 21.7. The molecule has 1 unspecified atom stereocenters. The minimum atomic E-state index is -0.569. The van der Waals surface area contributed by atoms with Gasteiger partial charge in [-0.25, -0.2) is 4.98 Å². The van der Waals surface area contributed by atoms with Crippen molar-refractivity contribution in [2.24, 2.45) is 0 Å². The summed E-state index contributed by atoms with van der Waals surface area (Å²) in [5.41, 5.74) is 2.97. The number of carbonyl (C=O) groups excluding carboxylic acids is 3. The predicted octanol–water partition coefficient (Wildman–Crippen LogP) is 7.76. The van der Waals surface area contributed by atoms with Crippen LogP contribution in [0.5, 0.6) is 23.0 Å². The van der Waals surface area contributed by atoms with Crippen molar-refractivity contribution in [2.75, 3.05) is 39.1 Å². The largest absolute Gasteiger partial charge is 0.497 e. The third-order valence-electron chi connectivity index (χ3n) is 7.66. The fourth-order valence-corrected chi connectivity index (χ4v) is 6.79. The van der Waals surface area contributed by atoms with Gasteiger partial charge < -0.3 is 34.9 Å². The van der Waals surface area contributed by atoms with Crippen LogP contribution in [0.1, 0.15) is 29.3 Å². The number of rotatable bonds is 15. The van der Waals surface area contributed by atoms with Gasteiger partial charge in [-0.15, -0.1) is 23.1 Å². The van der Waals surface area contributed by atoms with E-state index in [4.69, 9.17) is 18.9 Å². The number of carbonyl (C=O) groups is 3. The molecule has 0 spiro atoms. The number of thioether (sulfide) groups is 1. The van der Waals surface area contributed by atoms with E-state index < -0.39 is 17.1 Å². The Hall–Kier alpha value is -5.79. The SMILES string of the molecule is CCC(Sc1cccc(NC(=O)/C(=C\c2cc(OC)c(OC)c(OC)c2)NC(=O)c2ccccc2)c1)C(=O)Nc1nc(-c2cccc(OC)c2)cs1. The van der Waals surface area contributed by atoms with Crippen LogP contribution in [0.3, 0.4) is 0 Å². The number of methoxy groups -OCH3 is 4. The van der Waals surface area contributed by atoms with E-state index >= 15 is 0 Å². The molecular weight excluding hydrogens is 701 g/mol. The van der Waals surface area contributed by atoms with Gasteiger partial charge in [0.25, 0.3) is 11.8 Å². The van der Waals surface area contributed by atoms with Crippen molar-refractivity contribution in [2.45, 2.75) is 23.5 Å². The second-order valence-electron chi connectivity index (χ2n) is 11.1. The Morgan fingerprint density at radius 2 is 1.56 bits per heavy atom. The van der Waals surface area contributed by atoms with Crippen LogP contribution in [-0.2, 0) is 9.59 Å². The number of nitrogens with one attached hydrogen (secondary N) is 3. The Kier molecular flexibility index (Phi) is 12.9. The highest BCUT2D eigenvalue weighted by Crippen LogP contribution is 2.39. The molecule has 1 heterocycles. The molecular formula is C39H38N4O7S2. The van der Waals surface area contributed by atoms with Crippen molar-refractivity contribution in [1.29, 1.82) is 0 Å². The summed E-state index contributed by atoms with van der Waals surface area (Å²) in [5, 5.41) is 10.5. The van der Waals surface area contributed by atoms with Gasteiger partial charge in [0.2, 0.25) is 11.7 Å². The highest BCUT2D eigenvalue weighted by atomic mass is 32.2. The smallest absolute Gasteiger partial charge is 0.272 e. The molecule has 5 aromatic rings. The molecule has 0 fully saturated rings. The van der Waals surface area contributed by atoms with Gasteiger partial charge in [-0.05, 0) is 72.7 Å². The Balaban J connectivity index is 1.33. The van der Waals surface area contributed by atoms with Gasteiger partial charge in [0.15, 0.2) is 16.6 Å². The highest BCUT2D eigenvalue weighted by Gasteiger charge is 2.21. The molecule has 1 aromatic heterocycles. The average molecular weight is 739 g/mol. The number of anilines is 2. The number of hydrogen-bond donors (Lipinski definition) is 3. The standard InChI is InChI=1S/C39H38N4O7S2/c1-6-34(38(46)43-39-42-31(23-51-39)26-14-10-16-28(21-26)47-2)52-29-17-11-15-27(22-29)40-37(45)30(41-36(44)25-12-8-7-9-13-25)18-24-19-32(48-3)35(50-5)33(20-24)49-4/h7-23,34H,6H2,1-5H3,(H,40,45)(H,41,44)(H,42,43,46)/b30-18+. The molecule has 5 rings (SSSR count). The van der Waals surface area contributed by atoms with E-state index in [-0.39, 0.29) is 11.6 Å². The van der Waals surface area contributed by atoms with E-state index in [0.717, 1.165) is 21.9 Å². The Labute approximate surface area is 310 Å². The molecule has 0 bridgehead atoms. The van der Waals surface area contributed by atoms with Gasteiger partial charge in [0, 0.05) is 27.1 Å². The van der Waals surface area contributed by atoms with Crippen LogP contribution in [-0.4, -0.2) is 56.4 Å². The zero-order chi connectivity index (χ0) is 37.0. The van der Waals surface area contributed by atoms with Crippen LogP contribution < -0.4 is 34.9 Å². The Bertz CT molecular complexity index is 2040. The number of ether oxygens (including phenoxy) is 4. The van der Waals surface area contributed by atoms with Crippen LogP contribution in [0, 0.1) is 0 Å². The molecule has 268 valence electrons. The van der Waals surface area contributed by atoms with E-state index in [1.165, 1.54) is 50.5 Å². The molecule has 0 aliphatic heterocycles. The maximum atomic E-state index is 13.8. The Morgan fingerprint density at radius 3 is 2.23 bits per heavy atom. The van der Waals surface area contributed by atoms with Crippen molar-refractivity contribution < 1.29 is 33.3 Å². The fraction of sp³-hybridized carbons (Fsp3) is 0.179. The molecule has 0 saturated heterocycles. The van der Waals surface area contributed by atoms with Gasteiger partial charge in [0.05, 0.1) is 39.4 Å². The van der Waals surface area contributed by atoms with Crippen LogP contribution >= 0.6 is 23.1 Å². The van der Waals surface area contributed by atoms with Gasteiger partial charge in [-0.1, -0.05) is 43.3 Å². The van der Waals surface area contributed by atoms with Crippen molar-refractivity contribution in [3.05, 3.63) is 113 Å². The summed E-state index contributed by atoms with van der Waals surface area (Å²) in [6.45, 7) is 1.93. The highest BCUT2D eigenvalue weighted by molar-refractivity contribution is 8.00. The second-order valence-corrected chi connectivity index (χ2v) is 13.2. The van der Waals surface area contributed by atoms with Crippen LogP contribution in [0.2, 0.25) is 0 Å². The molecule has 13 heteroatoms. The van der Waals surface area contributed by atoms with Gasteiger partial charge >= 0.3 is 0 Å². The molecule has 4 aromatic carbocycles. The monoisotopic (exact) mass is 738 g/mol. The third kappa shape index (κ3) is 9.50. The lowest BCUT2D eigenvalue weighted by Crippen LogP contribution is -2.30. The molecule has 11 nitrogen and oxygen atoms in total. The van der Waals surface area contributed by atoms with E-state index in [1.807, 2.05) is 42.6 Å². The summed E-state index contributed by atoms with van der Waals surface area (Å²) >= 11 is 2.71. The van der Waals surface area contributed by atoms with Gasteiger partial charge in [-0.2, -0.15) is 0 Å². The van der Waals surface area contributed by atoms with E-state index in [1.54, 1.807) is 67.8 Å². The van der Waals surface area contributed by atoms with Crippen LogP contribution in [0.15, 0.2) is 107 Å². The number of thiazole rings is 1. The molecule has 0 radical (unpaired) electrons. The first-order valence-electron chi connectivity index (χ1n) is 16.1. The summed E-state index contributed by atoms with van der Waals surface area (Å²) in [6, 6.07) is 26.6. The van der Waals surface area contributed by atoms with E-state index in [0.29, 0.717) is 45.6 Å². The maximum Gasteiger partial charge on any atom is 0.272 e. The summed E-state index contributed by atoms with van der Waals surface area (Å²) in [6.07, 6.45) is 2.07. The summed E-state index contributed by atoms with van der Waals surface area (Å²) in [4.78, 5) is 45.7. The number of amides is 3. The molecule has 1 atom stereocenters. The van der Waals surface area contributed by atoms with E-state index in [9.17, 15) is 14.4 Å². The quantitative estimate of drug-likeness (QED) is 0.0727. The maximum absolute atomic E-state index is 13.8. The molecule has 0 aliphatic carbocycles. The Morgan fingerprint density at radius 1 is 0.827 bits per heavy atom. The topological polar surface area (TPSA) is 137 Å². The van der Waals surface area contributed by atoms with E-state index in [2.05, 4.69) is 20.9 Å². The van der Waals surface area contributed by atoms with Crippen molar-refractivity contribution in [3.63, 3.8) is 0 Å². The lowest BCUT2D eigenvalue weighted by atomic mass is 10.1. The fourth-order valence-electron chi connectivity index (χ4n) is 5.06. The first kappa shape index (κ1) is 37.5. The van der Waals surface area contributed by atoms with Crippen molar-refractivity contribution in [1.82, 2.24) is 10.3 Å². The summed E-state index contributed by atoms with van der Waals surface area (Å²) in [7, 11) is 6.09. The normalized spacial score (nSPS) is 11.6. The number of benzene rings is 4. The van der Waals surface area contributed by atoms with Gasteiger partial charge in [0.1, 0.15) is 11.4 Å². The minimum Gasteiger partial charge on any atom is -0.497 e. The van der Waals surface area contributed by atoms with Crippen LogP contribution in [0.25, 0.3) is 17.3 Å².